The zero-order valence-corrected chi connectivity index (χ0v) is 12.4. The summed E-state index contributed by atoms with van der Waals surface area (Å²) in [6, 6.07) is 0.672. The molecule has 1 N–H and O–H groups in total. The zero-order chi connectivity index (χ0) is 10.0. The van der Waals surface area contributed by atoms with E-state index in [1.165, 1.54) is 19.3 Å². The van der Waals surface area contributed by atoms with Gasteiger partial charge < -0.3 is 5.11 Å². The molecule has 2 fully saturated rings. The highest BCUT2D eigenvalue weighted by atomic mass is 128. The van der Waals surface area contributed by atoms with Crippen LogP contribution in [0.3, 0.4) is 0 Å². The second-order valence-electron chi connectivity index (χ2n) is 4.19. The number of hydrogen-bond donors (Lipinski definition) is 1. The molecule has 1 unspecified atom stereocenters. The number of aliphatic hydroxyl groups excluding tert-OH is 1. The Morgan fingerprint density at radius 1 is 1.31 bits per heavy atom. The standard InChI is InChI=1S/C9H17NO.I2/c1-6-3-4-7-5-8(6)9(11)10(7)2;1-2/h6-9,11H,3-5H2,1-2H3;/t6-,7-,8-,9?;/m1./s1. The molecular formula is C9H17I2NO. The molecule has 1 saturated carbocycles. The average Bonchev–Trinajstić information content (AvgIpc) is 2.41. The second-order valence-corrected chi connectivity index (χ2v) is 4.19. The summed E-state index contributed by atoms with van der Waals surface area (Å²) in [6.07, 6.45) is 3.65. The van der Waals surface area contributed by atoms with Crippen molar-refractivity contribution >= 4 is 37.2 Å². The Labute approximate surface area is 104 Å². The topological polar surface area (TPSA) is 23.5 Å². The number of likely N-dealkylation sites (tertiary alicyclic amines) is 1. The van der Waals surface area contributed by atoms with Crippen molar-refractivity contribution in [2.24, 2.45) is 11.8 Å². The minimum absolute atomic E-state index is 0.155. The molecule has 1 saturated heterocycles. The molecule has 0 spiro atoms. The van der Waals surface area contributed by atoms with E-state index in [1.54, 1.807) is 0 Å². The van der Waals surface area contributed by atoms with E-state index in [4.69, 9.17) is 0 Å². The lowest BCUT2D eigenvalue weighted by atomic mass is 9.81. The van der Waals surface area contributed by atoms with Gasteiger partial charge in [0.25, 0.3) is 0 Å². The van der Waals surface area contributed by atoms with Crippen LogP contribution < -0.4 is 0 Å². The van der Waals surface area contributed by atoms with E-state index in [0.717, 1.165) is 5.92 Å². The monoisotopic (exact) mass is 409 g/mol. The van der Waals surface area contributed by atoms with Gasteiger partial charge in [0, 0.05) is 49.2 Å². The van der Waals surface area contributed by atoms with Crippen LogP contribution in [0.5, 0.6) is 0 Å². The van der Waals surface area contributed by atoms with E-state index in [2.05, 4.69) is 49.1 Å². The number of aliphatic hydroxyl groups is 1. The molecule has 1 heterocycles. The predicted octanol–water partition coefficient (Wildman–Crippen LogP) is 2.83. The Hall–Kier alpha value is 1.38. The molecule has 0 amide bonds. The van der Waals surface area contributed by atoms with E-state index in [9.17, 15) is 5.11 Å². The number of fused-ring (bicyclic) bond motifs is 2. The minimum Gasteiger partial charge on any atom is -0.378 e. The van der Waals surface area contributed by atoms with Crippen LogP contribution in [0, 0.1) is 11.8 Å². The van der Waals surface area contributed by atoms with Crippen LogP contribution in [0.4, 0.5) is 0 Å². The fourth-order valence-electron chi connectivity index (χ4n) is 2.64. The maximum Gasteiger partial charge on any atom is 0.110 e. The number of rotatable bonds is 0. The molecule has 78 valence electrons. The Morgan fingerprint density at radius 3 is 2.46 bits per heavy atom. The largest absolute Gasteiger partial charge is 0.378 e. The summed E-state index contributed by atoms with van der Waals surface area (Å²) in [5.74, 6) is 1.28. The zero-order valence-electron chi connectivity index (χ0n) is 8.08. The number of nitrogens with zero attached hydrogens (tertiary/aromatic N) is 1. The van der Waals surface area contributed by atoms with Crippen molar-refractivity contribution in [3.63, 3.8) is 0 Å². The van der Waals surface area contributed by atoms with Crippen molar-refractivity contribution < 1.29 is 5.11 Å². The van der Waals surface area contributed by atoms with Crippen LogP contribution in [0.1, 0.15) is 26.2 Å². The van der Waals surface area contributed by atoms with Gasteiger partial charge in [-0.3, -0.25) is 4.90 Å². The SMILES string of the molecule is C[C@@H]1CC[C@@H]2C[C@H]1C(O)N2C.II. The van der Waals surface area contributed by atoms with Gasteiger partial charge in [0.05, 0.1) is 0 Å². The number of hydrogen-bond acceptors (Lipinski definition) is 2. The Bertz CT molecular complexity index is 168. The first-order valence-corrected chi connectivity index (χ1v) is 11.0. The number of halogens is 2. The summed E-state index contributed by atoms with van der Waals surface area (Å²) in [5.41, 5.74) is 0. The third-order valence-electron chi connectivity index (χ3n) is 3.61. The summed E-state index contributed by atoms with van der Waals surface area (Å²) in [7, 11) is 2.05. The van der Waals surface area contributed by atoms with Gasteiger partial charge in [0.15, 0.2) is 0 Å². The molecule has 0 aromatic heterocycles. The molecule has 4 atom stereocenters. The Balaban J connectivity index is 0.000000396. The van der Waals surface area contributed by atoms with Gasteiger partial charge in [-0.25, -0.2) is 0 Å². The first-order chi connectivity index (χ1) is 6.20. The second kappa shape index (κ2) is 5.46. The smallest absolute Gasteiger partial charge is 0.110 e. The summed E-state index contributed by atoms with van der Waals surface area (Å²) in [6.45, 7) is 2.27. The van der Waals surface area contributed by atoms with E-state index < -0.39 is 0 Å². The molecule has 1 aliphatic carbocycles. The van der Waals surface area contributed by atoms with Crippen molar-refractivity contribution in [2.75, 3.05) is 7.05 Å². The Morgan fingerprint density at radius 2 is 1.92 bits per heavy atom. The average molecular weight is 409 g/mol. The molecule has 2 aliphatic rings. The third kappa shape index (κ3) is 2.49. The van der Waals surface area contributed by atoms with Crippen LogP contribution in [-0.2, 0) is 0 Å². The van der Waals surface area contributed by atoms with Crippen LogP contribution in [0.25, 0.3) is 0 Å². The van der Waals surface area contributed by atoms with Crippen LogP contribution in [-0.4, -0.2) is 29.3 Å². The predicted molar refractivity (Wildman–Crippen MR) is 72.1 cm³/mol. The molecular weight excluding hydrogens is 392 g/mol. The molecule has 1 aliphatic heterocycles. The van der Waals surface area contributed by atoms with Crippen LogP contribution >= 0.6 is 37.2 Å². The van der Waals surface area contributed by atoms with Gasteiger partial charge in [-0.1, -0.05) is 6.92 Å². The van der Waals surface area contributed by atoms with Gasteiger partial charge in [0.1, 0.15) is 6.23 Å². The van der Waals surface area contributed by atoms with Crippen molar-refractivity contribution in [3.8, 4) is 0 Å². The molecule has 0 radical (unpaired) electrons. The maximum absolute atomic E-state index is 9.76. The van der Waals surface area contributed by atoms with Gasteiger partial charge in [-0.15, -0.1) is 0 Å². The lowest BCUT2D eigenvalue weighted by Crippen LogP contribution is -2.32. The van der Waals surface area contributed by atoms with Crippen molar-refractivity contribution in [2.45, 2.75) is 38.5 Å². The normalized spacial score (nSPS) is 44.1. The quantitative estimate of drug-likeness (QED) is 0.623. The third-order valence-corrected chi connectivity index (χ3v) is 3.61. The van der Waals surface area contributed by atoms with Crippen molar-refractivity contribution in [1.82, 2.24) is 4.90 Å². The van der Waals surface area contributed by atoms with Crippen LogP contribution in [0.2, 0.25) is 0 Å². The highest BCUT2D eigenvalue weighted by Gasteiger charge is 2.43. The van der Waals surface area contributed by atoms with E-state index in [-0.39, 0.29) is 6.23 Å². The van der Waals surface area contributed by atoms with Crippen molar-refractivity contribution in [1.29, 1.82) is 0 Å². The lowest BCUT2D eigenvalue weighted by Gasteiger charge is -2.24. The Kier molecular flexibility index (Phi) is 5.23. The van der Waals surface area contributed by atoms with E-state index in [1.807, 2.05) is 7.05 Å². The summed E-state index contributed by atoms with van der Waals surface area (Å²) >= 11 is 4.24. The lowest BCUT2D eigenvalue weighted by molar-refractivity contribution is 0.00732. The highest BCUT2D eigenvalue weighted by Crippen LogP contribution is 2.41. The molecule has 2 nitrogen and oxygen atoms in total. The van der Waals surface area contributed by atoms with Crippen LogP contribution in [0.15, 0.2) is 0 Å². The summed E-state index contributed by atoms with van der Waals surface area (Å²) in [4.78, 5) is 2.15. The molecule has 0 aromatic rings. The maximum atomic E-state index is 9.76. The van der Waals surface area contributed by atoms with Gasteiger partial charge >= 0.3 is 0 Å². The molecule has 0 aromatic carbocycles. The van der Waals surface area contributed by atoms with Gasteiger partial charge in [-0.2, -0.15) is 0 Å². The molecule has 2 rings (SSSR count). The first kappa shape index (κ1) is 12.4. The highest BCUT2D eigenvalue weighted by molar-refractivity contribution is 15.0. The molecule has 4 heteroatoms. The van der Waals surface area contributed by atoms with Crippen molar-refractivity contribution in [3.05, 3.63) is 0 Å². The first-order valence-electron chi connectivity index (χ1n) is 4.74. The minimum atomic E-state index is -0.155. The van der Waals surface area contributed by atoms with E-state index >= 15 is 0 Å². The fraction of sp³-hybridized carbons (Fsp3) is 1.00. The summed E-state index contributed by atoms with van der Waals surface area (Å²) < 4.78 is 0. The fourth-order valence-corrected chi connectivity index (χ4v) is 2.64. The summed E-state index contributed by atoms with van der Waals surface area (Å²) in [5, 5.41) is 9.76. The van der Waals surface area contributed by atoms with Gasteiger partial charge in [0.2, 0.25) is 0 Å². The van der Waals surface area contributed by atoms with E-state index in [0.29, 0.717) is 12.0 Å². The molecule has 13 heavy (non-hydrogen) atoms. The molecule has 2 bridgehead atoms. The van der Waals surface area contributed by atoms with Gasteiger partial charge in [-0.05, 0) is 32.2 Å².